The van der Waals surface area contributed by atoms with E-state index in [9.17, 15) is 4.79 Å². The molecule has 1 saturated carbocycles. The van der Waals surface area contributed by atoms with Crippen LogP contribution in [0.4, 0.5) is 11.4 Å². The van der Waals surface area contributed by atoms with E-state index in [1.54, 1.807) is 7.11 Å². The van der Waals surface area contributed by atoms with Crippen molar-refractivity contribution in [3.05, 3.63) is 53.7 Å². The summed E-state index contributed by atoms with van der Waals surface area (Å²) in [6, 6.07) is 14.7. The molecule has 7 heteroatoms. The number of hydrogen-bond acceptors (Lipinski definition) is 5. The maximum Gasteiger partial charge on any atom is 0.253 e. The van der Waals surface area contributed by atoms with Gasteiger partial charge in [-0.3, -0.25) is 4.79 Å². The molecule has 0 radical (unpaired) electrons. The quantitative estimate of drug-likeness (QED) is 0.500. The zero-order valence-corrected chi connectivity index (χ0v) is 20.7. The molecule has 34 heavy (non-hydrogen) atoms. The molecule has 2 fully saturated rings. The topological polar surface area (TPSA) is 49.7 Å². The number of thiol groups is 1. The number of carbonyl (C=O) groups is 1. The Hall–Kier alpha value is -2.80. The Morgan fingerprint density at radius 2 is 2.00 bits per heavy atom. The molecule has 0 bridgehead atoms. The van der Waals surface area contributed by atoms with Crippen molar-refractivity contribution in [2.24, 2.45) is 5.92 Å². The molecule has 3 aromatic rings. The van der Waals surface area contributed by atoms with Crippen LogP contribution in [0.3, 0.4) is 0 Å². The average molecular weight is 477 g/mol. The fourth-order valence-electron chi connectivity index (χ4n) is 5.44. The fourth-order valence-corrected chi connectivity index (χ4v) is 5.82. The second-order valence-electron chi connectivity index (χ2n) is 9.98. The van der Waals surface area contributed by atoms with Gasteiger partial charge in [0.25, 0.3) is 5.91 Å². The van der Waals surface area contributed by atoms with E-state index in [4.69, 9.17) is 4.74 Å². The van der Waals surface area contributed by atoms with E-state index in [-0.39, 0.29) is 17.3 Å². The summed E-state index contributed by atoms with van der Waals surface area (Å²) in [7, 11) is 3.85. The Labute approximate surface area is 206 Å². The molecule has 2 atom stereocenters. The number of rotatable bonds is 5. The Morgan fingerprint density at radius 1 is 1.15 bits per heavy atom. The minimum Gasteiger partial charge on any atom is -0.497 e. The lowest BCUT2D eigenvalue weighted by Crippen LogP contribution is -2.40. The molecule has 3 heterocycles. The van der Waals surface area contributed by atoms with Gasteiger partial charge in [0.05, 0.1) is 29.7 Å². The molecule has 0 spiro atoms. The average Bonchev–Trinajstić information content (AvgIpc) is 3.53. The standard InChI is InChI=1S/C27H32N4O2S/c1-29-23-10-8-19(27(32)30-11-3-4-21(34)16-30)12-22(23)28-26(29)25-13-18-7-9-20(33-2)14-24(18)31(25)15-17-5-6-17/h7-10,12-14,17,21,26,28,34H,3-6,11,15-16H2,1-2H3. The first-order valence-electron chi connectivity index (χ1n) is 12.3. The first-order chi connectivity index (χ1) is 16.5. The van der Waals surface area contributed by atoms with Gasteiger partial charge >= 0.3 is 0 Å². The molecule has 6 rings (SSSR count). The molecule has 1 amide bonds. The van der Waals surface area contributed by atoms with Crippen LogP contribution in [0.25, 0.3) is 10.9 Å². The number of carbonyl (C=O) groups excluding carboxylic acids is 1. The third-order valence-electron chi connectivity index (χ3n) is 7.55. The number of fused-ring (bicyclic) bond motifs is 2. The van der Waals surface area contributed by atoms with Crippen molar-refractivity contribution in [2.75, 3.05) is 37.5 Å². The van der Waals surface area contributed by atoms with Crippen LogP contribution in [0.1, 0.15) is 47.9 Å². The third-order valence-corrected chi connectivity index (χ3v) is 7.97. The Bertz CT molecular complexity index is 1250. The lowest BCUT2D eigenvalue weighted by atomic mass is 10.1. The van der Waals surface area contributed by atoms with Crippen LogP contribution in [0.2, 0.25) is 0 Å². The van der Waals surface area contributed by atoms with E-state index >= 15 is 0 Å². The first-order valence-corrected chi connectivity index (χ1v) is 12.8. The van der Waals surface area contributed by atoms with Gasteiger partial charge in [-0.05, 0) is 68.0 Å². The summed E-state index contributed by atoms with van der Waals surface area (Å²) < 4.78 is 7.98. The molecule has 2 unspecified atom stereocenters. The second kappa shape index (κ2) is 8.45. The van der Waals surface area contributed by atoms with E-state index < -0.39 is 0 Å². The summed E-state index contributed by atoms with van der Waals surface area (Å²) in [5.74, 6) is 1.73. The van der Waals surface area contributed by atoms with Gasteiger partial charge in [-0.1, -0.05) is 0 Å². The van der Waals surface area contributed by atoms with Crippen molar-refractivity contribution < 1.29 is 9.53 Å². The number of hydrogen-bond donors (Lipinski definition) is 2. The van der Waals surface area contributed by atoms with E-state index in [1.165, 1.54) is 29.4 Å². The summed E-state index contributed by atoms with van der Waals surface area (Å²) in [5, 5.41) is 5.22. The Morgan fingerprint density at radius 3 is 2.76 bits per heavy atom. The number of ether oxygens (including phenoxy) is 1. The molecular formula is C27H32N4O2S. The zero-order chi connectivity index (χ0) is 23.4. The summed E-state index contributed by atoms with van der Waals surface area (Å²) in [5.41, 5.74) is 5.34. The molecule has 1 aliphatic carbocycles. The van der Waals surface area contributed by atoms with Gasteiger partial charge in [-0.2, -0.15) is 12.6 Å². The monoisotopic (exact) mass is 476 g/mol. The maximum atomic E-state index is 13.2. The Kier molecular flexibility index (Phi) is 5.40. The molecule has 2 aromatic carbocycles. The van der Waals surface area contributed by atoms with E-state index in [1.807, 2.05) is 23.1 Å². The summed E-state index contributed by atoms with van der Waals surface area (Å²) >= 11 is 4.60. The van der Waals surface area contributed by atoms with Crippen LogP contribution in [0.15, 0.2) is 42.5 Å². The molecule has 3 aliphatic rings. The van der Waals surface area contributed by atoms with Gasteiger partial charge in [0.1, 0.15) is 11.9 Å². The fraction of sp³-hybridized carbons (Fsp3) is 0.444. The molecule has 6 nitrogen and oxygen atoms in total. The van der Waals surface area contributed by atoms with Crippen molar-refractivity contribution in [1.29, 1.82) is 0 Å². The minimum atomic E-state index is 0.00862. The highest BCUT2D eigenvalue weighted by Gasteiger charge is 2.33. The molecule has 2 aliphatic heterocycles. The second-order valence-corrected chi connectivity index (χ2v) is 10.7. The Balaban J connectivity index is 1.32. The summed E-state index contributed by atoms with van der Waals surface area (Å²) in [6.07, 6.45) is 4.70. The number of amides is 1. The largest absolute Gasteiger partial charge is 0.497 e. The van der Waals surface area contributed by atoms with Crippen molar-refractivity contribution in [3.63, 3.8) is 0 Å². The molecule has 1 aromatic heterocycles. The van der Waals surface area contributed by atoms with Gasteiger partial charge in [0, 0.05) is 48.9 Å². The van der Waals surface area contributed by atoms with Crippen LogP contribution < -0.4 is 15.0 Å². The maximum absolute atomic E-state index is 13.2. The molecule has 1 saturated heterocycles. The van der Waals surface area contributed by atoms with Crippen molar-refractivity contribution in [1.82, 2.24) is 9.47 Å². The third kappa shape index (κ3) is 3.80. The van der Waals surface area contributed by atoms with Gasteiger partial charge in [-0.25, -0.2) is 0 Å². The van der Waals surface area contributed by atoms with Gasteiger partial charge in [-0.15, -0.1) is 0 Å². The number of piperidine rings is 1. The predicted octanol–water partition coefficient (Wildman–Crippen LogP) is 5.15. The minimum absolute atomic E-state index is 0.00862. The molecule has 1 N–H and O–H groups in total. The number of anilines is 2. The number of likely N-dealkylation sites (tertiary alicyclic amines) is 1. The highest BCUT2D eigenvalue weighted by molar-refractivity contribution is 7.81. The van der Waals surface area contributed by atoms with Gasteiger partial charge < -0.3 is 24.4 Å². The van der Waals surface area contributed by atoms with Crippen LogP contribution in [-0.2, 0) is 6.54 Å². The highest BCUT2D eigenvalue weighted by Crippen LogP contribution is 2.43. The number of nitrogens with zero attached hydrogens (tertiary/aromatic N) is 3. The van der Waals surface area contributed by atoms with Gasteiger partial charge in [0.15, 0.2) is 0 Å². The smallest absolute Gasteiger partial charge is 0.253 e. The molecular weight excluding hydrogens is 444 g/mol. The molecule has 178 valence electrons. The summed E-state index contributed by atoms with van der Waals surface area (Å²) in [4.78, 5) is 17.4. The number of nitrogens with one attached hydrogen (secondary N) is 1. The van der Waals surface area contributed by atoms with E-state index in [2.05, 4.69) is 58.7 Å². The predicted molar refractivity (Wildman–Crippen MR) is 140 cm³/mol. The normalized spacial score (nSPS) is 22.1. The van der Waals surface area contributed by atoms with E-state index in [0.29, 0.717) is 0 Å². The lowest BCUT2D eigenvalue weighted by Gasteiger charge is -2.30. The van der Waals surface area contributed by atoms with Crippen LogP contribution >= 0.6 is 12.6 Å². The summed E-state index contributed by atoms with van der Waals surface area (Å²) in [6.45, 7) is 2.56. The number of benzene rings is 2. The van der Waals surface area contributed by atoms with Crippen molar-refractivity contribution >= 4 is 40.8 Å². The zero-order valence-electron chi connectivity index (χ0n) is 19.8. The van der Waals surface area contributed by atoms with Crippen molar-refractivity contribution in [3.8, 4) is 5.75 Å². The number of methoxy groups -OCH3 is 1. The van der Waals surface area contributed by atoms with Gasteiger partial charge in [0.2, 0.25) is 0 Å². The first kappa shape index (κ1) is 21.7. The van der Waals surface area contributed by atoms with Crippen LogP contribution in [0, 0.1) is 5.92 Å². The number of aromatic nitrogens is 1. The van der Waals surface area contributed by atoms with Crippen LogP contribution in [0.5, 0.6) is 5.75 Å². The van der Waals surface area contributed by atoms with E-state index in [0.717, 1.165) is 61.1 Å². The highest BCUT2D eigenvalue weighted by atomic mass is 32.1. The van der Waals surface area contributed by atoms with Crippen LogP contribution in [-0.4, -0.2) is 47.9 Å². The van der Waals surface area contributed by atoms with Crippen molar-refractivity contribution in [2.45, 2.75) is 43.6 Å². The SMILES string of the molecule is COc1ccc2cc(C3Nc4cc(C(=O)N5CCCC(S)C5)ccc4N3C)n(CC3CC3)c2c1. The lowest BCUT2D eigenvalue weighted by molar-refractivity contribution is 0.0729.